The predicted octanol–water partition coefficient (Wildman–Crippen LogP) is 3.11. The number of hydrogen-bond donors (Lipinski definition) is 3. The first-order chi connectivity index (χ1) is 15.0. The Labute approximate surface area is 189 Å². The van der Waals surface area contributed by atoms with E-state index < -0.39 is 5.82 Å². The van der Waals surface area contributed by atoms with Gasteiger partial charge in [-0.2, -0.15) is 19.6 Å². The highest BCUT2D eigenvalue weighted by Crippen LogP contribution is 2.27. The van der Waals surface area contributed by atoms with E-state index in [0.29, 0.717) is 53.0 Å². The number of H-pyrrole nitrogens is 1. The molecule has 2 bridgehead atoms. The van der Waals surface area contributed by atoms with Crippen LogP contribution < -0.4 is 15.5 Å². The Kier molecular flexibility index (Phi) is 4.51. The average molecular weight is 507 g/mol. The molecule has 1 aromatic carbocycles. The van der Waals surface area contributed by atoms with Gasteiger partial charge in [0.15, 0.2) is 5.65 Å². The van der Waals surface area contributed by atoms with Gasteiger partial charge in [-0.1, -0.05) is 11.6 Å². The number of aromatic nitrogens is 6. The highest BCUT2D eigenvalue weighted by molar-refractivity contribution is 9.10. The Bertz CT molecular complexity index is 1250. The van der Waals surface area contributed by atoms with Crippen LogP contribution in [0.3, 0.4) is 0 Å². The van der Waals surface area contributed by atoms with E-state index in [0.717, 1.165) is 17.6 Å². The summed E-state index contributed by atoms with van der Waals surface area (Å²) in [5, 5.41) is 11.3. The van der Waals surface area contributed by atoms with E-state index in [-0.39, 0.29) is 5.02 Å². The molecule has 2 atom stereocenters. The van der Waals surface area contributed by atoms with Crippen LogP contribution in [0, 0.1) is 5.82 Å². The van der Waals surface area contributed by atoms with Gasteiger partial charge in [-0.3, -0.25) is 0 Å². The van der Waals surface area contributed by atoms with Crippen LogP contribution in [0.1, 0.15) is 18.7 Å². The van der Waals surface area contributed by atoms with Crippen molar-refractivity contribution in [3.05, 3.63) is 39.5 Å². The highest BCUT2D eigenvalue weighted by atomic mass is 79.9. The van der Waals surface area contributed by atoms with Crippen molar-refractivity contribution in [1.29, 1.82) is 0 Å². The summed E-state index contributed by atoms with van der Waals surface area (Å²) in [4.78, 5) is 19.3. The molecule has 2 unspecified atom stereocenters. The van der Waals surface area contributed by atoms with Crippen LogP contribution in [-0.2, 0) is 6.54 Å². The standard InChI is InChI=1S/C19H18BrClFN9/c20-11-5-24-31-17(11)28-19(30-7-9-1-2-10(8-30)25-9)29-18(31)23-6-16-26-14-3-12(21)13(22)4-15(14)27-16/h3-5,9-10,25H,1-2,6-8H2,(H,26,27)(H,23,28,29). The lowest BCUT2D eigenvalue weighted by atomic mass is 10.2. The Balaban J connectivity index is 1.32. The molecule has 2 aliphatic rings. The van der Waals surface area contributed by atoms with Crippen molar-refractivity contribution < 1.29 is 4.39 Å². The van der Waals surface area contributed by atoms with Crippen molar-refractivity contribution in [2.45, 2.75) is 31.5 Å². The molecule has 0 saturated carbocycles. The number of aromatic amines is 1. The van der Waals surface area contributed by atoms with Crippen LogP contribution in [-0.4, -0.2) is 54.7 Å². The summed E-state index contributed by atoms with van der Waals surface area (Å²) in [6.45, 7) is 2.12. The van der Waals surface area contributed by atoms with E-state index in [1.807, 2.05) is 0 Å². The van der Waals surface area contributed by atoms with Crippen LogP contribution in [0.4, 0.5) is 16.3 Å². The second kappa shape index (κ2) is 7.28. The maximum Gasteiger partial charge on any atom is 0.230 e. The second-order valence-electron chi connectivity index (χ2n) is 7.94. The van der Waals surface area contributed by atoms with Crippen molar-refractivity contribution in [1.82, 2.24) is 34.9 Å². The molecule has 0 amide bonds. The normalized spacial score (nSPS) is 20.8. The number of hydrogen-bond acceptors (Lipinski definition) is 7. The van der Waals surface area contributed by atoms with Gasteiger partial charge in [0, 0.05) is 31.2 Å². The molecule has 2 fully saturated rings. The number of halogens is 3. The number of nitrogens with zero attached hydrogens (tertiary/aromatic N) is 6. The summed E-state index contributed by atoms with van der Waals surface area (Å²) < 4.78 is 16.2. The summed E-state index contributed by atoms with van der Waals surface area (Å²) in [7, 11) is 0. The van der Waals surface area contributed by atoms with Crippen LogP contribution >= 0.6 is 27.5 Å². The number of anilines is 2. The van der Waals surface area contributed by atoms with Gasteiger partial charge < -0.3 is 20.5 Å². The van der Waals surface area contributed by atoms with Gasteiger partial charge in [0.2, 0.25) is 11.9 Å². The minimum absolute atomic E-state index is 0.0482. The largest absolute Gasteiger partial charge is 0.347 e. The lowest BCUT2D eigenvalue weighted by molar-refractivity contribution is 0.460. The van der Waals surface area contributed by atoms with Crippen LogP contribution in [0.2, 0.25) is 5.02 Å². The fourth-order valence-electron chi connectivity index (χ4n) is 4.36. The number of benzene rings is 1. The third kappa shape index (κ3) is 3.40. The molecule has 3 N–H and O–H groups in total. The number of rotatable bonds is 4. The molecule has 3 aromatic heterocycles. The number of fused-ring (bicyclic) bond motifs is 4. The van der Waals surface area contributed by atoms with E-state index in [9.17, 15) is 4.39 Å². The highest BCUT2D eigenvalue weighted by Gasteiger charge is 2.33. The molecule has 0 spiro atoms. The second-order valence-corrected chi connectivity index (χ2v) is 9.20. The molecule has 2 saturated heterocycles. The molecule has 5 heterocycles. The summed E-state index contributed by atoms with van der Waals surface area (Å²) in [6, 6.07) is 3.81. The number of nitrogens with one attached hydrogen (secondary N) is 3. The first-order valence-corrected chi connectivity index (χ1v) is 11.2. The van der Waals surface area contributed by atoms with Crippen molar-refractivity contribution in [2.24, 2.45) is 0 Å². The number of imidazole rings is 1. The molecule has 0 aliphatic carbocycles. The van der Waals surface area contributed by atoms with Crippen molar-refractivity contribution in [2.75, 3.05) is 23.3 Å². The molecule has 2 aliphatic heterocycles. The van der Waals surface area contributed by atoms with Crippen LogP contribution in [0.15, 0.2) is 22.8 Å². The fourth-order valence-corrected chi connectivity index (χ4v) is 4.87. The zero-order chi connectivity index (χ0) is 21.1. The molecule has 0 radical (unpaired) electrons. The average Bonchev–Trinajstić information content (AvgIpc) is 3.43. The predicted molar refractivity (Wildman–Crippen MR) is 119 cm³/mol. The minimum atomic E-state index is -0.481. The molecule has 12 heteroatoms. The molecule has 9 nitrogen and oxygen atoms in total. The molecular weight excluding hydrogens is 489 g/mol. The SMILES string of the molecule is Fc1cc2[nH]c(CNc3nc(N4CC5CCC(C4)N5)nc4c(Br)cnn34)nc2cc1Cl. The van der Waals surface area contributed by atoms with Crippen LogP contribution in [0.5, 0.6) is 0 Å². The van der Waals surface area contributed by atoms with Gasteiger partial charge >= 0.3 is 0 Å². The van der Waals surface area contributed by atoms with E-state index >= 15 is 0 Å². The Morgan fingerprint density at radius 3 is 2.81 bits per heavy atom. The van der Waals surface area contributed by atoms with Crippen molar-refractivity contribution in [3.8, 4) is 0 Å². The minimum Gasteiger partial charge on any atom is -0.347 e. The van der Waals surface area contributed by atoms with E-state index in [4.69, 9.17) is 21.6 Å². The zero-order valence-electron chi connectivity index (χ0n) is 16.2. The Hall–Kier alpha value is -2.50. The van der Waals surface area contributed by atoms with E-state index in [1.54, 1.807) is 10.7 Å². The molecule has 160 valence electrons. The maximum absolute atomic E-state index is 13.7. The lowest BCUT2D eigenvalue weighted by Gasteiger charge is -2.33. The lowest BCUT2D eigenvalue weighted by Crippen LogP contribution is -2.51. The monoisotopic (exact) mass is 505 g/mol. The van der Waals surface area contributed by atoms with Crippen molar-refractivity contribution in [3.63, 3.8) is 0 Å². The summed E-state index contributed by atoms with van der Waals surface area (Å²) in [5.74, 6) is 1.39. The first-order valence-electron chi connectivity index (χ1n) is 10.0. The summed E-state index contributed by atoms with van der Waals surface area (Å²) in [6.07, 6.45) is 4.06. The smallest absolute Gasteiger partial charge is 0.230 e. The van der Waals surface area contributed by atoms with Gasteiger partial charge in [-0.05, 0) is 34.8 Å². The molecule has 6 rings (SSSR count). The van der Waals surface area contributed by atoms with Gasteiger partial charge in [0.25, 0.3) is 0 Å². The van der Waals surface area contributed by atoms with E-state index in [1.165, 1.54) is 25.0 Å². The number of piperazine rings is 1. The summed E-state index contributed by atoms with van der Waals surface area (Å²) >= 11 is 9.40. The van der Waals surface area contributed by atoms with Crippen LogP contribution in [0.25, 0.3) is 16.7 Å². The van der Waals surface area contributed by atoms with Gasteiger partial charge in [-0.15, -0.1) is 0 Å². The van der Waals surface area contributed by atoms with Crippen molar-refractivity contribution >= 4 is 56.1 Å². The summed E-state index contributed by atoms with van der Waals surface area (Å²) in [5.41, 5.74) is 1.89. The third-order valence-electron chi connectivity index (χ3n) is 5.80. The topological polar surface area (TPSA) is 99.1 Å². The quantitative estimate of drug-likeness (QED) is 0.391. The molecular formula is C19H18BrClFN9. The van der Waals surface area contributed by atoms with E-state index in [2.05, 4.69) is 46.5 Å². The fraction of sp³-hybridized carbons (Fsp3) is 0.368. The molecule has 4 aromatic rings. The molecule has 31 heavy (non-hydrogen) atoms. The Morgan fingerprint density at radius 2 is 2.00 bits per heavy atom. The zero-order valence-corrected chi connectivity index (χ0v) is 18.6. The van der Waals surface area contributed by atoms with Gasteiger partial charge in [0.05, 0.1) is 33.3 Å². The Morgan fingerprint density at radius 1 is 1.19 bits per heavy atom. The first kappa shape index (κ1) is 19.2. The third-order valence-corrected chi connectivity index (χ3v) is 6.65. The maximum atomic E-state index is 13.7. The van der Waals surface area contributed by atoms with Gasteiger partial charge in [-0.25, -0.2) is 9.37 Å². The van der Waals surface area contributed by atoms with Gasteiger partial charge in [0.1, 0.15) is 11.6 Å².